The summed E-state index contributed by atoms with van der Waals surface area (Å²) >= 11 is 0. The van der Waals surface area contributed by atoms with E-state index in [1.54, 1.807) is 13.2 Å². The Morgan fingerprint density at radius 3 is 2.72 bits per heavy atom. The quantitative estimate of drug-likeness (QED) is 0.209. The van der Waals surface area contributed by atoms with Gasteiger partial charge in [0.05, 0.1) is 33.0 Å². The van der Waals surface area contributed by atoms with Crippen molar-refractivity contribution in [3.63, 3.8) is 0 Å². The topological polar surface area (TPSA) is 58.7 Å². The van der Waals surface area contributed by atoms with E-state index in [1.165, 1.54) is 0 Å². The lowest BCUT2D eigenvalue weighted by atomic mass is 10.4. The highest BCUT2D eigenvalue weighted by atomic mass is 16.7. The Bertz CT molecular complexity index is 207. The van der Waals surface area contributed by atoms with E-state index >= 15 is 0 Å². The molecule has 6 heteroatoms. The molecule has 106 valence electrons. The first-order valence-electron chi connectivity index (χ1n) is 5.93. The molecule has 0 aromatic rings. The van der Waals surface area contributed by atoms with Crippen LogP contribution in [0.25, 0.3) is 0 Å². The van der Waals surface area contributed by atoms with Crippen LogP contribution in [0.2, 0.25) is 0 Å². The second kappa shape index (κ2) is 10.4. The summed E-state index contributed by atoms with van der Waals surface area (Å²) in [6.45, 7) is 6.67. The van der Waals surface area contributed by atoms with Gasteiger partial charge in [-0.15, -0.1) is 6.58 Å². The van der Waals surface area contributed by atoms with Gasteiger partial charge in [-0.1, -0.05) is 6.08 Å². The van der Waals surface area contributed by atoms with Crippen LogP contribution in [0.3, 0.4) is 0 Å². The number of ether oxygens (including phenoxy) is 6. The maximum Gasteiger partial charge on any atom is 0.147 e. The molecule has 1 heterocycles. The summed E-state index contributed by atoms with van der Waals surface area (Å²) in [5, 5.41) is 0. The minimum absolute atomic E-state index is 0.170. The molecular formula is C12H22O6. The number of hydrogen-bond donors (Lipinski definition) is 0. The van der Waals surface area contributed by atoms with E-state index in [-0.39, 0.29) is 25.8 Å². The van der Waals surface area contributed by atoms with Gasteiger partial charge in [0.25, 0.3) is 0 Å². The zero-order valence-electron chi connectivity index (χ0n) is 10.8. The van der Waals surface area contributed by atoms with Crippen molar-refractivity contribution < 1.29 is 28.4 Å². The maximum absolute atomic E-state index is 5.45. The van der Waals surface area contributed by atoms with Crippen molar-refractivity contribution in [1.29, 1.82) is 0 Å². The second-order valence-corrected chi connectivity index (χ2v) is 3.84. The van der Waals surface area contributed by atoms with Gasteiger partial charge in [0.2, 0.25) is 0 Å². The third kappa shape index (κ3) is 8.57. The molecule has 1 saturated heterocycles. The molecule has 0 spiro atoms. The molecule has 18 heavy (non-hydrogen) atoms. The smallest absolute Gasteiger partial charge is 0.147 e. The Balaban J connectivity index is 2.02. The molecule has 2 atom stereocenters. The molecule has 0 radical (unpaired) electrons. The van der Waals surface area contributed by atoms with Crippen LogP contribution in [-0.2, 0) is 28.4 Å². The lowest BCUT2D eigenvalue weighted by Gasteiger charge is -2.17. The van der Waals surface area contributed by atoms with Crippen molar-refractivity contribution in [2.45, 2.75) is 12.2 Å². The molecule has 0 saturated carbocycles. The zero-order chi connectivity index (χ0) is 13.1. The second-order valence-electron chi connectivity index (χ2n) is 3.84. The van der Waals surface area contributed by atoms with Gasteiger partial charge in [-0.05, 0) is 0 Å². The van der Waals surface area contributed by atoms with Crippen molar-refractivity contribution in [2.75, 3.05) is 53.7 Å². The predicted molar refractivity (Wildman–Crippen MR) is 64.3 cm³/mol. The molecule has 0 aliphatic carbocycles. The highest BCUT2D eigenvalue weighted by Gasteiger charge is 2.23. The molecule has 0 bridgehead atoms. The van der Waals surface area contributed by atoms with E-state index in [2.05, 4.69) is 6.58 Å². The van der Waals surface area contributed by atoms with Crippen LogP contribution in [0.1, 0.15) is 0 Å². The summed E-state index contributed by atoms with van der Waals surface area (Å²) in [5.41, 5.74) is 0. The van der Waals surface area contributed by atoms with Crippen LogP contribution in [-0.4, -0.2) is 65.9 Å². The van der Waals surface area contributed by atoms with Crippen molar-refractivity contribution in [1.82, 2.24) is 0 Å². The van der Waals surface area contributed by atoms with Gasteiger partial charge >= 0.3 is 0 Å². The van der Waals surface area contributed by atoms with Crippen LogP contribution in [0.4, 0.5) is 0 Å². The number of methoxy groups -OCH3 is 1. The summed E-state index contributed by atoms with van der Waals surface area (Å²) in [5.74, 6) is 0. The zero-order valence-corrected chi connectivity index (χ0v) is 10.8. The Morgan fingerprint density at radius 2 is 2.06 bits per heavy atom. The van der Waals surface area contributed by atoms with Crippen LogP contribution in [0.15, 0.2) is 12.7 Å². The molecule has 1 aliphatic rings. The maximum atomic E-state index is 5.45. The lowest BCUT2D eigenvalue weighted by molar-refractivity contribution is -0.140. The molecule has 1 aliphatic heterocycles. The van der Waals surface area contributed by atoms with Crippen LogP contribution < -0.4 is 0 Å². The van der Waals surface area contributed by atoms with E-state index in [9.17, 15) is 0 Å². The fourth-order valence-corrected chi connectivity index (χ4v) is 1.17. The largest absolute Gasteiger partial charge is 0.376 e. The Morgan fingerprint density at radius 1 is 1.28 bits per heavy atom. The van der Waals surface area contributed by atoms with Gasteiger partial charge in [-0.3, -0.25) is 0 Å². The van der Waals surface area contributed by atoms with E-state index in [0.717, 1.165) is 6.61 Å². The van der Waals surface area contributed by atoms with Crippen molar-refractivity contribution >= 4 is 0 Å². The normalized spacial score (nSPS) is 19.7. The number of rotatable bonds is 13. The Labute approximate surface area is 108 Å². The highest BCUT2D eigenvalue weighted by molar-refractivity contribution is 4.68. The SMILES string of the molecule is C=CCOCOCC(COCC1CO1)OCOC. The van der Waals surface area contributed by atoms with Crippen molar-refractivity contribution in [2.24, 2.45) is 0 Å². The first-order chi connectivity index (χ1) is 8.86. The first-order valence-corrected chi connectivity index (χ1v) is 5.93. The predicted octanol–water partition coefficient (Wildman–Crippen LogP) is 0.568. The number of epoxide rings is 1. The van der Waals surface area contributed by atoms with Crippen LogP contribution in [0, 0.1) is 0 Å². The molecule has 1 rings (SSSR count). The molecule has 0 amide bonds. The third-order valence-corrected chi connectivity index (χ3v) is 2.14. The minimum Gasteiger partial charge on any atom is -0.376 e. The minimum atomic E-state index is -0.170. The van der Waals surface area contributed by atoms with E-state index < -0.39 is 0 Å². The van der Waals surface area contributed by atoms with E-state index in [1.807, 2.05) is 0 Å². The summed E-state index contributed by atoms with van der Waals surface area (Å²) in [6, 6.07) is 0. The van der Waals surface area contributed by atoms with E-state index in [4.69, 9.17) is 28.4 Å². The van der Waals surface area contributed by atoms with Crippen molar-refractivity contribution in [3.05, 3.63) is 12.7 Å². The number of hydrogen-bond acceptors (Lipinski definition) is 6. The summed E-state index contributed by atoms with van der Waals surface area (Å²) in [4.78, 5) is 0. The van der Waals surface area contributed by atoms with E-state index in [0.29, 0.717) is 26.4 Å². The van der Waals surface area contributed by atoms with Gasteiger partial charge in [0.15, 0.2) is 0 Å². The summed E-state index contributed by atoms with van der Waals surface area (Å²) in [6.07, 6.45) is 1.75. The Kier molecular flexibility index (Phi) is 9.01. The third-order valence-electron chi connectivity index (χ3n) is 2.14. The van der Waals surface area contributed by atoms with Crippen LogP contribution in [0.5, 0.6) is 0 Å². The monoisotopic (exact) mass is 262 g/mol. The van der Waals surface area contributed by atoms with Crippen LogP contribution >= 0.6 is 0 Å². The molecule has 6 nitrogen and oxygen atoms in total. The van der Waals surface area contributed by atoms with Gasteiger partial charge in [-0.25, -0.2) is 0 Å². The van der Waals surface area contributed by atoms with Gasteiger partial charge in [0, 0.05) is 7.11 Å². The molecule has 2 unspecified atom stereocenters. The average molecular weight is 262 g/mol. The molecule has 1 fully saturated rings. The molecule has 0 N–H and O–H groups in total. The first kappa shape index (κ1) is 15.6. The molecule has 0 aromatic heterocycles. The average Bonchev–Trinajstić information content (AvgIpc) is 3.19. The summed E-state index contributed by atoms with van der Waals surface area (Å²) in [7, 11) is 1.57. The fraction of sp³-hybridized carbons (Fsp3) is 0.833. The highest BCUT2D eigenvalue weighted by Crippen LogP contribution is 2.09. The molecule has 0 aromatic carbocycles. The van der Waals surface area contributed by atoms with Gasteiger partial charge < -0.3 is 28.4 Å². The van der Waals surface area contributed by atoms with Crippen molar-refractivity contribution in [3.8, 4) is 0 Å². The summed E-state index contributed by atoms with van der Waals surface area (Å²) < 4.78 is 31.2. The fourth-order valence-electron chi connectivity index (χ4n) is 1.17. The lowest BCUT2D eigenvalue weighted by Crippen LogP contribution is -2.28. The molecular weight excluding hydrogens is 240 g/mol. The standard InChI is InChI=1S/C12H22O6/c1-3-4-14-10-16-7-11(18-9-13-2)5-15-6-12-8-17-12/h3,11-12H,1,4-10H2,2H3. The Hall–Kier alpha value is -0.500. The van der Waals surface area contributed by atoms with Gasteiger partial charge in [0.1, 0.15) is 25.8 Å². The van der Waals surface area contributed by atoms with Gasteiger partial charge in [-0.2, -0.15) is 0 Å².